The van der Waals surface area contributed by atoms with Crippen molar-refractivity contribution in [3.63, 3.8) is 0 Å². The quantitative estimate of drug-likeness (QED) is 0.698. The minimum absolute atomic E-state index is 0.114. The summed E-state index contributed by atoms with van der Waals surface area (Å²) in [4.78, 5) is 4.45. The molecular formula is C19H17BrFN3O. The minimum atomic E-state index is -0.299. The Kier molecular flexibility index (Phi) is 4.39. The summed E-state index contributed by atoms with van der Waals surface area (Å²) >= 11 is 3.15. The van der Waals surface area contributed by atoms with Gasteiger partial charge in [-0.05, 0) is 76.1 Å². The molecule has 0 aliphatic heterocycles. The molecule has 1 unspecified atom stereocenters. The molecular weight excluding hydrogens is 385 g/mol. The van der Waals surface area contributed by atoms with Gasteiger partial charge in [-0.2, -0.15) is 4.98 Å². The second-order valence-corrected chi connectivity index (χ2v) is 7.21. The van der Waals surface area contributed by atoms with Gasteiger partial charge < -0.3 is 10.3 Å². The molecule has 0 fully saturated rings. The number of hydrogen-bond donors (Lipinski definition) is 1. The Hall–Kier alpha value is -2.05. The van der Waals surface area contributed by atoms with E-state index in [1.54, 1.807) is 6.07 Å². The molecule has 0 saturated heterocycles. The van der Waals surface area contributed by atoms with Gasteiger partial charge in [0.25, 0.3) is 5.89 Å². The zero-order valence-electron chi connectivity index (χ0n) is 13.5. The smallest absolute Gasteiger partial charge is 0.257 e. The van der Waals surface area contributed by atoms with Gasteiger partial charge >= 0.3 is 0 Å². The number of nitrogens with two attached hydrogens (primary N) is 1. The summed E-state index contributed by atoms with van der Waals surface area (Å²) in [7, 11) is 0. The van der Waals surface area contributed by atoms with Crippen LogP contribution < -0.4 is 5.73 Å². The monoisotopic (exact) mass is 401 g/mol. The number of rotatable bonds is 3. The maximum atomic E-state index is 13.6. The highest BCUT2D eigenvalue weighted by Crippen LogP contribution is 2.31. The number of aromatic nitrogens is 2. The number of benzene rings is 2. The van der Waals surface area contributed by atoms with Crippen LogP contribution in [0.4, 0.5) is 4.39 Å². The molecule has 0 saturated carbocycles. The summed E-state index contributed by atoms with van der Waals surface area (Å²) in [5.41, 5.74) is 10.3. The Labute approximate surface area is 153 Å². The first-order chi connectivity index (χ1) is 12.1. The molecule has 4 nitrogen and oxygen atoms in total. The predicted octanol–water partition coefficient (Wildman–Crippen LogP) is 4.57. The molecule has 4 rings (SSSR count). The van der Waals surface area contributed by atoms with E-state index in [0.717, 1.165) is 30.4 Å². The topological polar surface area (TPSA) is 64.9 Å². The van der Waals surface area contributed by atoms with Gasteiger partial charge in [0.1, 0.15) is 5.82 Å². The van der Waals surface area contributed by atoms with Gasteiger partial charge in [-0.15, -0.1) is 0 Å². The zero-order valence-corrected chi connectivity index (χ0v) is 15.1. The Bertz CT molecular complexity index is 925. The lowest BCUT2D eigenvalue weighted by molar-refractivity contribution is 0.423. The molecule has 25 heavy (non-hydrogen) atoms. The van der Waals surface area contributed by atoms with Crippen LogP contribution in [0.15, 0.2) is 45.4 Å². The number of fused-ring (bicyclic) bond motifs is 1. The van der Waals surface area contributed by atoms with E-state index in [0.29, 0.717) is 22.6 Å². The fourth-order valence-electron chi connectivity index (χ4n) is 3.26. The van der Waals surface area contributed by atoms with Crippen molar-refractivity contribution in [2.24, 2.45) is 5.73 Å². The van der Waals surface area contributed by atoms with Crippen molar-refractivity contribution in [2.75, 3.05) is 0 Å². The fourth-order valence-corrected chi connectivity index (χ4v) is 3.51. The van der Waals surface area contributed by atoms with E-state index < -0.39 is 0 Å². The molecule has 1 aliphatic carbocycles. The highest BCUT2D eigenvalue weighted by molar-refractivity contribution is 9.10. The second-order valence-electron chi connectivity index (χ2n) is 6.35. The summed E-state index contributed by atoms with van der Waals surface area (Å²) in [6.45, 7) is 0. The molecule has 0 radical (unpaired) electrons. The van der Waals surface area contributed by atoms with Crippen LogP contribution >= 0.6 is 15.9 Å². The molecule has 1 atom stereocenters. The van der Waals surface area contributed by atoms with Crippen LogP contribution in [-0.2, 0) is 12.8 Å². The van der Waals surface area contributed by atoms with Crippen LogP contribution in [0.25, 0.3) is 11.5 Å². The molecule has 1 aromatic heterocycles. The molecule has 0 amide bonds. The Morgan fingerprint density at radius 3 is 2.96 bits per heavy atom. The van der Waals surface area contributed by atoms with Crippen LogP contribution in [0.3, 0.4) is 0 Å². The van der Waals surface area contributed by atoms with Gasteiger partial charge in [0, 0.05) is 18.0 Å². The molecule has 128 valence electrons. The van der Waals surface area contributed by atoms with Gasteiger partial charge in [0.05, 0.1) is 4.47 Å². The molecule has 6 heteroatoms. The Balaban J connectivity index is 1.58. The average molecular weight is 402 g/mol. The molecule has 2 N–H and O–H groups in total. The maximum absolute atomic E-state index is 13.6. The predicted molar refractivity (Wildman–Crippen MR) is 96.5 cm³/mol. The average Bonchev–Trinajstić information content (AvgIpc) is 3.07. The van der Waals surface area contributed by atoms with Crippen molar-refractivity contribution in [3.05, 3.63) is 69.2 Å². The van der Waals surface area contributed by atoms with Crippen LogP contribution in [0.1, 0.15) is 41.4 Å². The van der Waals surface area contributed by atoms with Crippen LogP contribution in [0, 0.1) is 5.82 Å². The standard InChI is InChI=1S/C19H17BrFN3O/c20-15-7-4-11(8-16(15)21)9-18-23-19(25-24-18)13-5-6-14-12(10-13)2-1-3-17(14)22/h4-8,10,17H,1-3,9,22H2. The van der Waals surface area contributed by atoms with Gasteiger partial charge in [-0.1, -0.05) is 17.3 Å². The second kappa shape index (κ2) is 6.69. The largest absolute Gasteiger partial charge is 0.334 e. The number of hydrogen-bond acceptors (Lipinski definition) is 4. The summed E-state index contributed by atoms with van der Waals surface area (Å²) in [6.07, 6.45) is 3.57. The zero-order chi connectivity index (χ0) is 17.4. The number of aryl methyl sites for hydroxylation is 1. The van der Waals surface area contributed by atoms with Crippen LogP contribution in [0.2, 0.25) is 0 Å². The van der Waals surface area contributed by atoms with E-state index in [2.05, 4.69) is 38.2 Å². The van der Waals surface area contributed by atoms with Crippen LogP contribution in [-0.4, -0.2) is 10.1 Å². The SMILES string of the molecule is NC1CCCc2cc(-c3nc(Cc4ccc(Br)c(F)c4)no3)ccc21. The van der Waals surface area contributed by atoms with Gasteiger partial charge in [0.2, 0.25) is 0 Å². The Morgan fingerprint density at radius 2 is 2.12 bits per heavy atom. The maximum Gasteiger partial charge on any atom is 0.257 e. The molecule has 0 bridgehead atoms. The molecule has 0 spiro atoms. The minimum Gasteiger partial charge on any atom is -0.334 e. The fraction of sp³-hybridized carbons (Fsp3) is 0.263. The van der Waals surface area contributed by atoms with Crippen molar-refractivity contribution in [1.82, 2.24) is 10.1 Å². The third-order valence-corrected chi connectivity index (χ3v) is 5.21. The van der Waals surface area contributed by atoms with Gasteiger partial charge in [-0.3, -0.25) is 0 Å². The van der Waals surface area contributed by atoms with Gasteiger partial charge in [-0.25, -0.2) is 4.39 Å². The number of nitrogens with zero attached hydrogens (tertiary/aromatic N) is 2. The Morgan fingerprint density at radius 1 is 1.24 bits per heavy atom. The van der Waals surface area contributed by atoms with Crippen molar-refractivity contribution < 1.29 is 8.91 Å². The van der Waals surface area contributed by atoms with Crippen molar-refractivity contribution in [2.45, 2.75) is 31.7 Å². The highest BCUT2D eigenvalue weighted by Gasteiger charge is 2.18. The lowest BCUT2D eigenvalue weighted by atomic mass is 9.87. The first kappa shape index (κ1) is 16.4. The highest BCUT2D eigenvalue weighted by atomic mass is 79.9. The van der Waals surface area contributed by atoms with Crippen LogP contribution in [0.5, 0.6) is 0 Å². The van der Waals surface area contributed by atoms with E-state index in [1.807, 2.05) is 12.1 Å². The molecule has 1 aliphatic rings. The van der Waals surface area contributed by atoms with E-state index in [1.165, 1.54) is 17.2 Å². The molecule has 2 aromatic carbocycles. The molecule has 1 heterocycles. The van der Waals surface area contributed by atoms with Crippen molar-refractivity contribution >= 4 is 15.9 Å². The van der Waals surface area contributed by atoms with E-state index in [9.17, 15) is 4.39 Å². The number of halogens is 2. The van der Waals surface area contributed by atoms with Gasteiger partial charge in [0.15, 0.2) is 5.82 Å². The summed E-state index contributed by atoms with van der Waals surface area (Å²) in [6, 6.07) is 11.2. The van der Waals surface area contributed by atoms with E-state index in [-0.39, 0.29) is 11.9 Å². The lowest BCUT2D eigenvalue weighted by Gasteiger charge is -2.22. The van der Waals surface area contributed by atoms with Crippen molar-refractivity contribution in [3.8, 4) is 11.5 Å². The summed E-state index contributed by atoms with van der Waals surface area (Å²) in [5, 5.41) is 4.02. The van der Waals surface area contributed by atoms with E-state index >= 15 is 0 Å². The van der Waals surface area contributed by atoms with Crippen molar-refractivity contribution in [1.29, 1.82) is 0 Å². The third kappa shape index (κ3) is 3.37. The lowest BCUT2D eigenvalue weighted by Crippen LogP contribution is -2.17. The normalized spacial score (nSPS) is 16.7. The summed E-state index contributed by atoms with van der Waals surface area (Å²) < 4.78 is 19.5. The van der Waals surface area contributed by atoms with E-state index in [4.69, 9.17) is 10.3 Å². The third-order valence-electron chi connectivity index (χ3n) is 4.56. The first-order valence-electron chi connectivity index (χ1n) is 8.25. The summed E-state index contributed by atoms with van der Waals surface area (Å²) in [5.74, 6) is 0.716. The molecule has 3 aromatic rings. The first-order valence-corrected chi connectivity index (χ1v) is 9.05.